The Hall–Kier alpha value is -0.830. The molecule has 0 aliphatic carbocycles. The number of hydrogen-bond acceptors (Lipinski definition) is 3. The van der Waals surface area contributed by atoms with E-state index in [2.05, 4.69) is 11.3 Å². The zero-order chi connectivity index (χ0) is 9.56. The number of allylic oxidation sites excluding steroid dienone is 1. The quantitative estimate of drug-likeness (QED) is 0.455. The van der Waals surface area contributed by atoms with Crippen molar-refractivity contribution in [2.24, 2.45) is 5.92 Å². The number of carbonyl (C=O) groups excluding carboxylic acids is 1. The molecule has 1 atom stereocenters. The van der Waals surface area contributed by atoms with Gasteiger partial charge in [-0.05, 0) is 20.5 Å². The molecule has 3 nitrogen and oxygen atoms in total. The lowest BCUT2D eigenvalue weighted by atomic mass is 10.1. The van der Waals surface area contributed by atoms with Gasteiger partial charge in [-0.3, -0.25) is 4.79 Å². The van der Waals surface area contributed by atoms with Gasteiger partial charge in [0, 0.05) is 6.54 Å². The van der Waals surface area contributed by atoms with Crippen molar-refractivity contribution >= 4 is 5.97 Å². The lowest BCUT2D eigenvalue weighted by Crippen LogP contribution is -2.28. The van der Waals surface area contributed by atoms with E-state index in [1.54, 1.807) is 6.08 Å². The molecule has 0 aliphatic heterocycles. The van der Waals surface area contributed by atoms with Crippen molar-refractivity contribution in [3.8, 4) is 0 Å². The van der Waals surface area contributed by atoms with Gasteiger partial charge in [0.15, 0.2) is 0 Å². The highest BCUT2D eigenvalue weighted by atomic mass is 16.5. The van der Waals surface area contributed by atoms with Crippen LogP contribution in [0, 0.1) is 5.92 Å². The Morgan fingerprint density at radius 3 is 2.58 bits per heavy atom. The third-order valence-electron chi connectivity index (χ3n) is 1.57. The summed E-state index contributed by atoms with van der Waals surface area (Å²) in [7, 11) is 5.27. The highest BCUT2D eigenvalue weighted by molar-refractivity contribution is 5.72. The van der Waals surface area contributed by atoms with Crippen LogP contribution >= 0.6 is 0 Å². The average molecular weight is 171 g/mol. The fraction of sp³-hybridized carbons (Fsp3) is 0.667. The van der Waals surface area contributed by atoms with E-state index in [9.17, 15) is 4.79 Å². The zero-order valence-electron chi connectivity index (χ0n) is 8.04. The Morgan fingerprint density at radius 2 is 2.25 bits per heavy atom. The number of rotatable bonds is 5. The van der Waals surface area contributed by atoms with E-state index in [0.717, 1.165) is 0 Å². The Morgan fingerprint density at radius 1 is 1.67 bits per heavy atom. The second-order valence-electron chi connectivity index (χ2n) is 3.01. The summed E-state index contributed by atoms with van der Waals surface area (Å²) in [6, 6.07) is 0. The van der Waals surface area contributed by atoms with Crippen LogP contribution < -0.4 is 0 Å². The highest BCUT2D eigenvalue weighted by Gasteiger charge is 2.17. The van der Waals surface area contributed by atoms with Crippen molar-refractivity contribution in [2.45, 2.75) is 6.42 Å². The average Bonchev–Trinajstić information content (AvgIpc) is 2.01. The molecule has 0 fully saturated rings. The van der Waals surface area contributed by atoms with Crippen LogP contribution in [0.25, 0.3) is 0 Å². The molecule has 0 saturated heterocycles. The SMILES string of the molecule is C=CCC(CN(C)C)C(=O)OC. The van der Waals surface area contributed by atoms with Gasteiger partial charge in [0.1, 0.15) is 0 Å². The van der Waals surface area contributed by atoms with E-state index in [0.29, 0.717) is 13.0 Å². The van der Waals surface area contributed by atoms with Gasteiger partial charge in [-0.25, -0.2) is 0 Å². The van der Waals surface area contributed by atoms with Crippen LogP contribution in [0.5, 0.6) is 0 Å². The second kappa shape index (κ2) is 5.77. The normalized spacial score (nSPS) is 12.7. The number of methoxy groups -OCH3 is 1. The molecule has 70 valence electrons. The smallest absolute Gasteiger partial charge is 0.310 e. The Bertz CT molecular complexity index is 155. The summed E-state index contributed by atoms with van der Waals surface area (Å²) in [5, 5.41) is 0. The summed E-state index contributed by atoms with van der Waals surface area (Å²) in [5.41, 5.74) is 0. The molecule has 3 heteroatoms. The molecule has 0 saturated carbocycles. The third-order valence-corrected chi connectivity index (χ3v) is 1.57. The van der Waals surface area contributed by atoms with Crippen LogP contribution in [0.3, 0.4) is 0 Å². The van der Waals surface area contributed by atoms with Crippen LogP contribution in [0.15, 0.2) is 12.7 Å². The first-order valence-corrected chi connectivity index (χ1v) is 3.95. The standard InChI is InChI=1S/C9H17NO2/c1-5-6-8(7-10(2)3)9(11)12-4/h5,8H,1,6-7H2,2-4H3. The van der Waals surface area contributed by atoms with Gasteiger partial charge in [-0.2, -0.15) is 0 Å². The minimum absolute atomic E-state index is 0.0810. The van der Waals surface area contributed by atoms with Gasteiger partial charge >= 0.3 is 5.97 Å². The summed E-state index contributed by atoms with van der Waals surface area (Å²) in [4.78, 5) is 13.1. The first kappa shape index (κ1) is 11.2. The zero-order valence-corrected chi connectivity index (χ0v) is 8.04. The minimum Gasteiger partial charge on any atom is -0.469 e. The lowest BCUT2D eigenvalue weighted by molar-refractivity contribution is -0.145. The van der Waals surface area contributed by atoms with Crippen molar-refractivity contribution in [3.63, 3.8) is 0 Å². The number of ether oxygens (including phenoxy) is 1. The molecular weight excluding hydrogens is 154 g/mol. The molecule has 0 N–H and O–H groups in total. The molecule has 12 heavy (non-hydrogen) atoms. The van der Waals surface area contributed by atoms with E-state index >= 15 is 0 Å². The van der Waals surface area contributed by atoms with Crippen molar-refractivity contribution in [3.05, 3.63) is 12.7 Å². The van der Waals surface area contributed by atoms with E-state index in [4.69, 9.17) is 0 Å². The molecule has 0 rings (SSSR count). The third kappa shape index (κ3) is 4.13. The topological polar surface area (TPSA) is 29.5 Å². The van der Waals surface area contributed by atoms with Gasteiger partial charge < -0.3 is 9.64 Å². The van der Waals surface area contributed by atoms with Crippen molar-refractivity contribution in [1.82, 2.24) is 4.90 Å². The molecule has 0 bridgehead atoms. The molecule has 0 spiro atoms. The molecule has 0 radical (unpaired) electrons. The van der Waals surface area contributed by atoms with Gasteiger partial charge in [0.2, 0.25) is 0 Å². The van der Waals surface area contributed by atoms with E-state index in [1.807, 2.05) is 19.0 Å². The van der Waals surface area contributed by atoms with Crippen LogP contribution in [0.4, 0.5) is 0 Å². The number of esters is 1. The Balaban J connectivity index is 4.02. The first-order chi connectivity index (χ1) is 5.61. The number of hydrogen-bond donors (Lipinski definition) is 0. The molecule has 0 heterocycles. The molecular formula is C9H17NO2. The molecule has 0 amide bonds. The first-order valence-electron chi connectivity index (χ1n) is 3.95. The Kier molecular flexibility index (Phi) is 5.37. The summed E-state index contributed by atoms with van der Waals surface area (Å²) in [6.45, 7) is 4.31. The summed E-state index contributed by atoms with van der Waals surface area (Å²) >= 11 is 0. The fourth-order valence-electron chi connectivity index (χ4n) is 1.05. The maximum absolute atomic E-state index is 11.1. The van der Waals surface area contributed by atoms with Crippen LogP contribution in [0.1, 0.15) is 6.42 Å². The highest BCUT2D eigenvalue weighted by Crippen LogP contribution is 2.06. The summed E-state index contributed by atoms with van der Waals surface area (Å²) in [6.07, 6.45) is 2.41. The van der Waals surface area contributed by atoms with E-state index in [-0.39, 0.29) is 11.9 Å². The van der Waals surface area contributed by atoms with Gasteiger partial charge in [0.05, 0.1) is 13.0 Å². The van der Waals surface area contributed by atoms with Crippen molar-refractivity contribution in [1.29, 1.82) is 0 Å². The largest absolute Gasteiger partial charge is 0.469 e. The van der Waals surface area contributed by atoms with E-state index in [1.165, 1.54) is 7.11 Å². The van der Waals surface area contributed by atoms with E-state index < -0.39 is 0 Å². The van der Waals surface area contributed by atoms with Gasteiger partial charge in [-0.1, -0.05) is 6.08 Å². The molecule has 0 aromatic rings. The summed E-state index contributed by atoms with van der Waals surface area (Å²) < 4.78 is 4.65. The van der Waals surface area contributed by atoms with Crippen LogP contribution in [-0.2, 0) is 9.53 Å². The van der Waals surface area contributed by atoms with Gasteiger partial charge in [0.25, 0.3) is 0 Å². The van der Waals surface area contributed by atoms with Crippen LogP contribution in [0.2, 0.25) is 0 Å². The Labute approximate surface area is 74.0 Å². The fourth-order valence-corrected chi connectivity index (χ4v) is 1.05. The number of carbonyl (C=O) groups is 1. The van der Waals surface area contributed by atoms with Crippen molar-refractivity contribution < 1.29 is 9.53 Å². The maximum atomic E-state index is 11.1. The summed E-state index contributed by atoms with van der Waals surface area (Å²) in [5.74, 6) is -0.244. The second-order valence-corrected chi connectivity index (χ2v) is 3.01. The molecule has 0 aromatic heterocycles. The predicted molar refractivity (Wildman–Crippen MR) is 48.9 cm³/mol. The van der Waals surface area contributed by atoms with Crippen LogP contribution in [-0.4, -0.2) is 38.6 Å². The monoisotopic (exact) mass is 171 g/mol. The predicted octanol–water partition coefficient (Wildman–Crippen LogP) is 0.913. The van der Waals surface area contributed by atoms with Crippen molar-refractivity contribution in [2.75, 3.05) is 27.7 Å². The maximum Gasteiger partial charge on any atom is 0.310 e. The van der Waals surface area contributed by atoms with Gasteiger partial charge in [-0.15, -0.1) is 6.58 Å². The lowest BCUT2D eigenvalue weighted by Gasteiger charge is -2.17. The minimum atomic E-state index is -0.163. The molecule has 1 unspecified atom stereocenters. The molecule has 0 aliphatic rings. The number of nitrogens with zero attached hydrogens (tertiary/aromatic N) is 1. The molecule has 0 aromatic carbocycles.